The first-order chi connectivity index (χ1) is 13.9. The predicted molar refractivity (Wildman–Crippen MR) is 99.0 cm³/mol. The van der Waals surface area contributed by atoms with Gasteiger partial charge in [-0.15, -0.1) is 5.10 Å². The van der Waals surface area contributed by atoms with E-state index in [9.17, 15) is 18.0 Å². The minimum Gasteiger partial charge on any atom is -0.308 e. The minimum atomic E-state index is -1.00. The fourth-order valence-corrected chi connectivity index (χ4v) is 4.34. The fourth-order valence-electron chi connectivity index (χ4n) is 4.34. The number of benzene rings is 1. The van der Waals surface area contributed by atoms with Crippen molar-refractivity contribution in [1.82, 2.24) is 14.8 Å². The molecule has 5 rings (SSSR count). The maximum atomic E-state index is 14.4. The summed E-state index contributed by atoms with van der Waals surface area (Å²) in [5, 5.41) is 7.00. The van der Waals surface area contributed by atoms with E-state index < -0.39 is 22.9 Å². The zero-order chi connectivity index (χ0) is 20.4. The number of hydrogen-bond donors (Lipinski definition) is 1. The minimum absolute atomic E-state index is 0.0694. The van der Waals surface area contributed by atoms with E-state index in [0.717, 1.165) is 25.0 Å². The van der Waals surface area contributed by atoms with Gasteiger partial charge in [0.15, 0.2) is 11.6 Å². The van der Waals surface area contributed by atoms with Gasteiger partial charge in [0.2, 0.25) is 5.91 Å². The third kappa shape index (κ3) is 2.58. The standard InChI is InChI=1S/C21H17F3N4O/c1-12-9-17(27-28(12)16-5-4-13(22)10-15(16)24)26-19(29)21(11-20(21)6-7-20)18-14(23)3-2-8-25-18/h2-5,8-10H,6-7,11H2,1H3,(H,26,27,29). The third-order valence-electron chi connectivity index (χ3n) is 6.05. The van der Waals surface area contributed by atoms with E-state index in [1.807, 2.05) is 0 Å². The Balaban J connectivity index is 1.47. The summed E-state index contributed by atoms with van der Waals surface area (Å²) >= 11 is 0. The molecular formula is C21H17F3N4O. The molecule has 29 heavy (non-hydrogen) atoms. The lowest BCUT2D eigenvalue weighted by atomic mass is 9.95. The third-order valence-corrected chi connectivity index (χ3v) is 6.05. The SMILES string of the molecule is Cc1cc(NC(=O)C2(c3ncccc3F)CC23CC3)nn1-c1ccc(F)cc1F. The van der Waals surface area contributed by atoms with Crippen LogP contribution in [0.5, 0.6) is 0 Å². The lowest BCUT2D eigenvalue weighted by Crippen LogP contribution is -2.32. The van der Waals surface area contributed by atoms with Gasteiger partial charge in [0.05, 0.1) is 5.69 Å². The monoisotopic (exact) mass is 398 g/mol. The van der Waals surface area contributed by atoms with Crippen molar-refractivity contribution in [2.75, 3.05) is 5.32 Å². The van der Waals surface area contributed by atoms with Gasteiger partial charge in [-0.2, -0.15) is 0 Å². The molecule has 3 aromatic rings. The highest BCUT2D eigenvalue weighted by molar-refractivity contribution is 6.02. The van der Waals surface area contributed by atoms with Crippen LogP contribution in [0.2, 0.25) is 0 Å². The summed E-state index contributed by atoms with van der Waals surface area (Å²) in [6, 6.07) is 7.58. The molecular weight excluding hydrogens is 381 g/mol. The topological polar surface area (TPSA) is 59.8 Å². The number of amides is 1. The van der Waals surface area contributed by atoms with Crippen molar-refractivity contribution in [2.45, 2.75) is 31.6 Å². The summed E-state index contributed by atoms with van der Waals surface area (Å²) in [5.41, 5.74) is -0.444. The van der Waals surface area contributed by atoms with Gasteiger partial charge in [0.25, 0.3) is 0 Å². The van der Waals surface area contributed by atoms with Gasteiger partial charge in [0.1, 0.15) is 22.7 Å². The molecule has 148 valence electrons. The fraction of sp³-hybridized carbons (Fsp3) is 0.286. The average molecular weight is 398 g/mol. The first-order valence-corrected chi connectivity index (χ1v) is 9.31. The summed E-state index contributed by atoms with van der Waals surface area (Å²) < 4.78 is 43.0. The molecule has 2 heterocycles. The highest BCUT2D eigenvalue weighted by atomic mass is 19.1. The molecule has 1 spiro atoms. The molecule has 2 aromatic heterocycles. The van der Waals surface area contributed by atoms with Crippen molar-refractivity contribution in [3.8, 4) is 5.69 Å². The Hall–Kier alpha value is -3.16. The lowest BCUT2D eigenvalue weighted by molar-refractivity contribution is -0.119. The van der Waals surface area contributed by atoms with Crippen molar-refractivity contribution >= 4 is 11.7 Å². The van der Waals surface area contributed by atoms with Crippen LogP contribution in [0.4, 0.5) is 19.0 Å². The second kappa shape index (κ2) is 5.92. The number of nitrogens with one attached hydrogen (secondary N) is 1. The van der Waals surface area contributed by atoms with Crippen molar-refractivity contribution < 1.29 is 18.0 Å². The number of hydrogen-bond acceptors (Lipinski definition) is 3. The smallest absolute Gasteiger partial charge is 0.238 e. The highest BCUT2D eigenvalue weighted by Crippen LogP contribution is 2.78. The second-order valence-electron chi connectivity index (χ2n) is 7.83. The van der Waals surface area contributed by atoms with Gasteiger partial charge in [-0.05, 0) is 55.9 Å². The number of pyridine rings is 1. The van der Waals surface area contributed by atoms with Gasteiger partial charge >= 0.3 is 0 Å². The lowest BCUT2D eigenvalue weighted by Gasteiger charge is -2.16. The van der Waals surface area contributed by atoms with Crippen molar-refractivity contribution in [2.24, 2.45) is 5.41 Å². The molecule has 1 aromatic carbocycles. The number of carbonyl (C=O) groups is 1. The van der Waals surface area contributed by atoms with Crippen LogP contribution in [0.15, 0.2) is 42.6 Å². The van der Waals surface area contributed by atoms with Crippen molar-refractivity contribution in [1.29, 1.82) is 0 Å². The van der Waals surface area contributed by atoms with Crippen LogP contribution in [-0.2, 0) is 10.2 Å². The molecule has 2 aliphatic carbocycles. The molecule has 1 N–H and O–H groups in total. The van der Waals surface area contributed by atoms with Crippen LogP contribution in [0, 0.1) is 29.8 Å². The average Bonchev–Trinajstić information content (AvgIpc) is 3.56. The zero-order valence-electron chi connectivity index (χ0n) is 15.5. The van der Waals surface area contributed by atoms with Crippen molar-refractivity contribution in [3.63, 3.8) is 0 Å². The molecule has 8 heteroatoms. The molecule has 0 radical (unpaired) electrons. The Morgan fingerprint density at radius 2 is 1.93 bits per heavy atom. The van der Waals surface area contributed by atoms with Gasteiger partial charge in [-0.25, -0.2) is 17.9 Å². The Labute approximate surface area is 164 Å². The molecule has 2 aliphatic rings. The van der Waals surface area contributed by atoms with E-state index in [2.05, 4.69) is 15.4 Å². The molecule has 2 saturated carbocycles. The number of carbonyl (C=O) groups excluding carboxylic acids is 1. The summed E-state index contributed by atoms with van der Waals surface area (Å²) in [5.74, 6) is -2.10. The largest absolute Gasteiger partial charge is 0.308 e. The maximum Gasteiger partial charge on any atom is 0.238 e. The van der Waals surface area contributed by atoms with E-state index in [0.29, 0.717) is 12.1 Å². The van der Waals surface area contributed by atoms with E-state index >= 15 is 0 Å². The second-order valence-corrected chi connectivity index (χ2v) is 7.83. The Bertz CT molecular complexity index is 1150. The molecule has 0 saturated heterocycles. The molecule has 1 amide bonds. The molecule has 0 aliphatic heterocycles. The number of anilines is 1. The van der Waals surface area contributed by atoms with Crippen LogP contribution >= 0.6 is 0 Å². The highest BCUT2D eigenvalue weighted by Gasteiger charge is 2.79. The van der Waals surface area contributed by atoms with E-state index in [-0.39, 0.29) is 28.5 Å². The van der Waals surface area contributed by atoms with Gasteiger partial charge in [-0.1, -0.05) is 0 Å². The van der Waals surface area contributed by atoms with Crippen LogP contribution in [-0.4, -0.2) is 20.7 Å². The van der Waals surface area contributed by atoms with E-state index in [4.69, 9.17) is 0 Å². The number of aryl methyl sites for hydroxylation is 1. The summed E-state index contributed by atoms with van der Waals surface area (Å²) in [6.07, 6.45) is 3.74. The number of nitrogens with zero attached hydrogens (tertiary/aromatic N) is 3. The Kier molecular flexibility index (Phi) is 3.65. The molecule has 1 unspecified atom stereocenters. The first-order valence-electron chi connectivity index (χ1n) is 9.31. The molecule has 2 fully saturated rings. The van der Waals surface area contributed by atoms with Crippen LogP contribution < -0.4 is 5.32 Å². The van der Waals surface area contributed by atoms with Gasteiger partial charge in [0, 0.05) is 24.0 Å². The van der Waals surface area contributed by atoms with E-state index in [1.165, 1.54) is 29.1 Å². The number of rotatable bonds is 4. The van der Waals surface area contributed by atoms with Crippen LogP contribution in [0.1, 0.15) is 30.7 Å². The molecule has 0 bridgehead atoms. The number of aromatic nitrogens is 3. The normalized spacial score (nSPS) is 21.2. The zero-order valence-corrected chi connectivity index (χ0v) is 15.5. The first kappa shape index (κ1) is 17.9. The number of halogens is 3. The summed E-state index contributed by atoms with van der Waals surface area (Å²) in [6.45, 7) is 1.69. The van der Waals surface area contributed by atoms with Crippen molar-refractivity contribution in [3.05, 3.63) is 71.4 Å². The summed E-state index contributed by atoms with van der Waals surface area (Å²) in [4.78, 5) is 17.3. The molecule has 1 atom stereocenters. The van der Waals surface area contributed by atoms with Crippen LogP contribution in [0.3, 0.4) is 0 Å². The van der Waals surface area contributed by atoms with Crippen LogP contribution in [0.25, 0.3) is 5.69 Å². The summed E-state index contributed by atoms with van der Waals surface area (Å²) in [7, 11) is 0. The quantitative estimate of drug-likeness (QED) is 0.721. The Morgan fingerprint density at radius 3 is 2.59 bits per heavy atom. The van der Waals surface area contributed by atoms with E-state index in [1.54, 1.807) is 13.0 Å². The maximum absolute atomic E-state index is 14.4. The Morgan fingerprint density at radius 1 is 1.14 bits per heavy atom. The van der Waals surface area contributed by atoms with Gasteiger partial charge in [-0.3, -0.25) is 9.78 Å². The predicted octanol–water partition coefficient (Wildman–Crippen LogP) is 4.05. The molecule has 5 nitrogen and oxygen atoms in total. The van der Waals surface area contributed by atoms with Gasteiger partial charge < -0.3 is 5.32 Å².